The lowest BCUT2D eigenvalue weighted by atomic mass is 10.2. The summed E-state index contributed by atoms with van der Waals surface area (Å²) in [6.07, 6.45) is 3.43. The van der Waals surface area contributed by atoms with E-state index >= 15 is 0 Å². The first-order chi connectivity index (χ1) is 10.1. The first-order valence-electron chi connectivity index (χ1n) is 7.52. The molecule has 7 nitrogen and oxygen atoms in total. The molecule has 0 saturated carbocycles. The van der Waals surface area contributed by atoms with Crippen molar-refractivity contribution < 1.29 is 19.1 Å². The maximum absolute atomic E-state index is 11.7. The first kappa shape index (κ1) is 15.8. The number of nitrogens with zero attached hydrogens (tertiary/aromatic N) is 1. The second-order valence-corrected chi connectivity index (χ2v) is 5.56. The van der Waals surface area contributed by atoms with Gasteiger partial charge in [-0.25, -0.2) is 0 Å². The van der Waals surface area contributed by atoms with Crippen LogP contribution in [0.1, 0.15) is 39.0 Å². The summed E-state index contributed by atoms with van der Waals surface area (Å²) >= 11 is 0. The van der Waals surface area contributed by atoms with E-state index in [0.717, 1.165) is 19.3 Å². The molecule has 0 aliphatic carbocycles. The van der Waals surface area contributed by atoms with Crippen molar-refractivity contribution in [2.45, 2.75) is 51.4 Å². The minimum absolute atomic E-state index is 0.0127. The summed E-state index contributed by atoms with van der Waals surface area (Å²) < 4.78 is 5.61. The van der Waals surface area contributed by atoms with Gasteiger partial charge in [0.15, 0.2) is 0 Å². The topological polar surface area (TPSA) is 87.7 Å². The van der Waals surface area contributed by atoms with Crippen molar-refractivity contribution in [1.29, 1.82) is 0 Å². The maximum Gasteiger partial charge on any atom is 0.229 e. The summed E-state index contributed by atoms with van der Waals surface area (Å²) in [6, 6.07) is 0. The zero-order chi connectivity index (χ0) is 15.2. The van der Waals surface area contributed by atoms with E-state index < -0.39 is 0 Å². The van der Waals surface area contributed by atoms with Crippen LogP contribution in [-0.2, 0) is 19.1 Å². The van der Waals surface area contributed by atoms with Crippen molar-refractivity contribution in [2.24, 2.45) is 0 Å². The Morgan fingerprint density at radius 3 is 2.76 bits per heavy atom. The molecule has 2 saturated heterocycles. The molecule has 2 unspecified atom stereocenters. The Balaban J connectivity index is 1.47. The maximum atomic E-state index is 11.7. The van der Waals surface area contributed by atoms with E-state index in [1.807, 2.05) is 0 Å². The Morgan fingerprint density at radius 2 is 2.10 bits per heavy atom. The van der Waals surface area contributed by atoms with Crippen LogP contribution in [-0.4, -0.2) is 54.6 Å². The number of nitrogens with one attached hydrogen (secondary N) is 2. The van der Waals surface area contributed by atoms with Gasteiger partial charge >= 0.3 is 0 Å². The molecule has 0 spiro atoms. The van der Waals surface area contributed by atoms with Crippen LogP contribution in [0.4, 0.5) is 0 Å². The Bertz CT molecular complexity index is 413. The Hall–Kier alpha value is -1.63. The Kier molecular flexibility index (Phi) is 5.55. The van der Waals surface area contributed by atoms with Gasteiger partial charge in [0.05, 0.1) is 19.1 Å². The van der Waals surface area contributed by atoms with Gasteiger partial charge in [-0.2, -0.15) is 0 Å². The zero-order valence-corrected chi connectivity index (χ0v) is 12.4. The van der Waals surface area contributed by atoms with Crippen molar-refractivity contribution in [3.8, 4) is 0 Å². The van der Waals surface area contributed by atoms with Gasteiger partial charge in [-0.1, -0.05) is 6.42 Å². The molecule has 2 fully saturated rings. The van der Waals surface area contributed by atoms with Gasteiger partial charge in [0.2, 0.25) is 17.7 Å². The van der Waals surface area contributed by atoms with Crippen molar-refractivity contribution in [1.82, 2.24) is 15.5 Å². The molecule has 0 radical (unpaired) electrons. The third-order valence-corrected chi connectivity index (χ3v) is 3.75. The summed E-state index contributed by atoms with van der Waals surface area (Å²) in [4.78, 5) is 35.2. The van der Waals surface area contributed by atoms with Crippen LogP contribution in [0.2, 0.25) is 0 Å². The van der Waals surface area contributed by atoms with E-state index in [2.05, 4.69) is 10.6 Å². The minimum atomic E-state index is -0.0785. The average molecular weight is 297 g/mol. The van der Waals surface area contributed by atoms with Crippen LogP contribution in [0.3, 0.4) is 0 Å². The fraction of sp³-hybridized carbons (Fsp3) is 0.786. The minimum Gasteiger partial charge on any atom is -0.356 e. The summed E-state index contributed by atoms with van der Waals surface area (Å²) in [5, 5.41) is 5.57. The van der Waals surface area contributed by atoms with E-state index in [-0.39, 0.29) is 30.1 Å². The number of rotatable bonds is 8. The Morgan fingerprint density at radius 1 is 1.29 bits per heavy atom. The smallest absolute Gasteiger partial charge is 0.229 e. The summed E-state index contributed by atoms with van der Waals surface area (Å²) in [5.41, 5.74) is 0. The standard InChI is InChI=1S/C14H23N3O4/c1-10(18)15-6-4-2-3-5-12(19)16-8-11-9-17-13(20)7-14(17)21-11/h11,14H,2-9H2,1H3,(H,15,18)(H,16,19). The van der Waals surface area contributed by atoms with E-state index in [1.165, 1.54) is 6.92 Å². The van der Waals surface area contributed by atoms with Gasteiger partial charge in [-0.3, -0.25) is 14.4 Å². The molecule has 0 bridgehead atoms. The SMILES string of the molecule is CC(=O)NCCCCCC(=O)NCC1CN2C(=O)CC2O1. The molecule has 0 aromatic carbocycles. The monoisotopic (exact) mass is 297 g/mol. The highest BCUT2D eigenvalue weighted by molar-refractivity contribution is 5.83. The van der Waals surface area contributed by atoms with Gasteiger partial charge in [0.25, 0.3) is 0 Å². The summed E-state index contributed by atoms with van der Waals surface area (Å²) in [5.74, 6) is 0.124. The molecule has 2 atom stereocenters. The highest BCUT2D eigenvalue weighted by atomic mass is 16.5. The molecule has 2 aliphatic rings. The number of hydrogen-bond donors (Lipinski definition) is 2. The first-order valence-corrected chi connectivity index (χ1v) is 7.52. The van der Waals surface area contributed by atoms with Crippen LogP contribution >= 0.6 is 0 Å². The number of unbranched alkanes of at least 4 members (excludes halogenated alkanes) is 2. The average Bonchev–Trinajstić information content (AvgIpc) is 2.77. The second kappa shape index (κ2) is 7.40. The predicted molar refractivity (Wildman–Crippen MR) is 75.2 cm³/mol. The van der Waals surface area contributed by atoms with Gasteiger partial charge in [0, 0.05) is 26.4 Å². The van der Waals surface area contributed by atoms with Crippen molar-refractivity contribution in [3.63, 3.8) is 0 Å². The van der Waals surface area contributed by atoms with Gasteiger partial charge in [-0.15, -0.1) is 0 Å². The summed E-state index contributed by atoms with van der Waals surface area (Å²) in [7, 11) is 0. The molecule has 0 aromatic heterocycles. The van der Waals surface area contributed by atoms with Gasteiger partial charge < -0.3 is 20.3 Å². The molecule has 2 heterocycles. The predicted octanol–water partition coefficient (Wildman–Crippen LogP) is -0.244. The van der Waals surface area contributed by atoms with Crippen LogP contribution in [0.15, 0.2) is 0 Å². The number of carbonyl (C=O) groups excluding carboxylic acids is 3. The van der Waals surface area contributed by atoms with Crippen molar-refractivity contribution in [2.75, 3.05) is 19.6 Å². The Labute approximate surface area is 124 Å². The van der Waals surface area contributed by atoms with Crippen molar-refractivity contribution >= 4 is 17.7 Å². The molecule has 7 heteroatoms. The van der Waals surface area contributed by atoms with Gasteiger partial charge in [0.1, 0.15) is 6.23 Å². The van der Waals surface area contributed by atoms with E-state index in [1.54, 1.807) is 4.90 Å². The molecule has 0 aromatic rings. The quantitative estimate of drug-likeness (QED) is 0.478. The van der Waals surface area contributed by atoms with Crippen LogP contribution < -0.4 is 10.6 Å². The van der Waals surface area contributed by atoms with E-state index in [9.17, 15) is 14.4 Å². The number of ether oxygens (including phenoxy) is 1. The fourth-order valence-corrected chi connectivity index (χ4v) is 2.53. The molecular formula is C14H23N3O4. The lowest BCUT2D eigenvalue weighted by molar-refractivity contribution is -0.156. The molecule has 3 amide bonds. The number of carbonyl (C=O) groups is 3. The zero-order valence-electron chi connectivity index (χ0n) is 12.4. The number of fused-ring (bicyclic) bond motifs is 1. The lowest BCUT2D eigenvalue weighted by Gasteiger charge is -2.31. The molecule has 21 heavy (non-hydrogen) atoms. The third-order valence-electron chi connectivity index (χ3n) is 3.75. The number of hydrogen-bond acceptors (Lipinski definition) is 4. The van der Waals surface area contributed by atoms with Crippen LogP contribution in [0.25, 0.3) is 0 Å². The molecule has 2 aliphatic heterocycles. The highest BCUT2D eigenvalue weighted by Crippen LogP contribution is 2.28. The largest absolute Gasteiger partial charge is 0.356 e. The number of amides is 3. The summed E-state index contributed by atoms with van der Waals surface area (Å²) in [6.45, 7) is 3.21. The third kappa shape index (κ3) is 4.70. The lowest BCUT2D eigenvalue weighted by Crippen LogP contribution is -2.48. The molecule has 2 N–H and O–H groups in total. The van der Waals surface area contributed by atoms with E-state index in [0.29, 0.717) is 32.5 Å². The molecule has 118 valence electrons. The van der Waals surface area contributed by atoms with E-state index in [4.69, 9.17) is 4.74 Å². The number of β-lactam (4-membered cyclic amide) rings is 1. The van der Waals surface area contributed by atoms with Gasteiger partial charge in [-0.05, 0) is 12.8 Å². The fourth-order valence-electron chi connectivity index (χ4n) is 2.53. The normalized spacial score (nSPS) is 23.5. The van der Waals surface area contributed by atoms with Crippen molar-refractivity contribution in [3.05, 3.63) is 0 Å². The second-order valence-electron chi connectivity index (χ2n) is 5.56. The highest BCUT2D eigenvalue weighted by Gasteiger charge is 2.44. The molecule has 2 rings (SSSR count). The van der Waals surface area contributed by atoms with Crippen LogP contribution in [0, 0.1) is 0 Å². The van der Waals surface area contributed by atoms with Crippen LogP contribution in [0.5, 0.6) is 0 Å². The molecular weight excluding hydrogens is 274 g/mol.